The lowest BCUT2D eigenvalue weighted by atomic mass is 9.96. The van der Waals surface area contributed by atoms with E-state index in [1.807, 2.05) is 18.2 Å². The van der Waals surface area contributed by atoms with Crippen LogP contribution in [0.2, 0.25) is 5.02 Å². The van der Waals surface area contributed by atoms with Crippen molar-refractivity contribution in [3.63, 3.8) is 0 Å². The van der Waals surface area contributed by atoms with Gasteiger partial charge in [-0.05, 0) is 36.1 Å². The van der Waals surface area contributed by atoms with Crippen molar-refractivity contribution in [3.05, 3.63) is 58.0 Å². The number of halogens is 1. The third-order valence-corrected chi connectivity index (χ3v) is 5.00. The third kappa shape index (κ3) is 3.40. The smallest absolute Gasteiger partial charge is 0.354 e. The summed E-state index contributed by atoms with van der Waals surface area (Å²) in [4.78, 5) is 19.0. The zero-order valence-corrected chi connectivity index (χ0v) is 15.7. The Kier molecular flexibility index (Phi) is 5.18. The van der Waals surface area contributed by atoms with Crippen molar-refractivity contribution >= 4 is 28.5 Å². The van der Waals surface area contributed by atoms with Gasteiger partial charge in [0.2, 0.25) is 0 Å². The number of nitrogens with one attached hydrogen (secondary N) is 1. The number of benzene rings is 1. The molecule has 0 radical (unpaired) electrons. The van der Waals surface area contributed by atoms with Gasteiger partial charge >= 0.3 is 5.97 Å². The van der Waals surface area contributed by atoms with Crippen molar-refractivity contribution in [1.82, 2.24) is 9.97 Å². The molecule has 0 aliphatic carbocycles. The van der Waals surface area contributed by atoms with E-state index in [0.29, 0.717) is 28.8 Å². The van der Waals surface area contributed by atoms with Gasteiger partial charge in [0.05, 0.1) is 12.1 Å². The molecule has 6 heteroatoms. The molecule has 0 fully saturated rings. The van der Waals surface area contributed by atoms with E-state index in [1.165, 1.54) is 6.07 Å². The van der Waals surface area contributed by atoms with Crippen LogP contribution < -0.4 is 4.74 Å². The Morgan fingerprint density at radius 2 is 2.15 bits per heavy atom. The number of methoxy groups -OCH3 is 1. The van der Waals surface area contributed by atoms with Crippen LogP contribution >= 0.6 is 11.6 Å². The van der Waals surface area contributed by atoms with Crippen LogP contribution in [0.4, 0.5) is 0 Å². The summed E-state index contributed by atoms with van der Waals surface area (Å²) < 4.78 is 5.32. The Labute approximate surface area is 157 Å². The molecule has 2 N–H and O–H groups in total. The van der Waals surface area contributed by atoms with Crippen molar-refractivity contribution in [1.29, 1.82) is 0 Å². The second-order valence-electron chi connectivity index (χ2n) is 6.35. The highest BCUT2D eigenvalue weighted by Gasteiger charge is 2.19. The number of fused-ring (bicyclic) bond motifs is 1. The summed E-state index contributed by atoms with van der Waals surface area (Å²) in [6, 6.07) is 8.86. The van der Waals surface area contributed by atoms with Crippen molar-refractivity contribution in [2.24, 2.45) is 0 Å². The molecule has 0 amide bonds. The van der Waals surface area contributed by atoms with Crippen LogP contribution in [0.3, 0.4) is 0 Å². The molecular weight excluding hydrogens is 352 g/mol. The van der Waals surface area contributed by atoms with Gasteiger partial charge in [0.25, 0.3) is 0 Å². The number of carboxylic acid groups (broad SMARTS) is 1. The summed E-state index contributed by atoms with van der Waals surface area (Å²) in [5.41, 5.74) is 3.92. The molecule has 0 bridgehead atoms. The number of nitrogens with zero attached hydrogens (tertiary/aromatic N) is 1. The lowest BCUT2D eigenvalue weighted by Crippen LogP contribution is -2.04. The molecule has 0 saturated carbocycles. The highest BCUT2D eigenvalue weighted by atomic mass is 35.5. The monoisotopic (exact) mass is 372 g/mol. The van der Waals surface area contributed by atoms with Crippen LogP contribution in [0.25, 0.3) is 10.9 Å². The number of aromatic amines is 1. The molecule has 0 aliphatic rings. The Morgan fingerprint density at radius 3 is 2.81 bits per heavy atom. The van der Waals surface area contributed by atoms with Gasteiger partial charge in [0.15, 0.2) is 0 Å². The fraction of sp³-hybridized carbons (Fsp3) is 0.300. The molecule has 0 saturated heterocycles. The quantitative estimate of drug-likeness (QED) is 0.636. The van der Waals surface area contributed by atoms with Crippen LogP contribution in [-0.2, 0) is 6.42 Å². The number of aromatic nitrogens is 2. The fourth-order valence-electron chi connectivity index (χ4n) is 3.12. The van der Waals surface area contributed by atoms with Crippen molar-refractivity contribution in [2.75, 3.05) is 7.11 Å². The molecule has 2 heterocycles. The summed E-state index contributed by atoms with van der Waals surface area (Å²) in [5, 5.41) is 10.7. The number of hydrogen-bond acceptors (Lipinski definition) is 3. The van der Waals surface area contributed by atoms with Gasteiger partial charge in [-0.3, -0.25) is 0 Å². The number of hydrogen-bond donors (Lipinski definition) is 2. The average molecular weight is 373 g/mol. The Morgan fingerprint density at radius 1 is 1.38 bits per heavy atom. The summed E-state index contributed by atoms with van der Waals surface area (Å²) in [6.07, 6.45) is 1.51. The van der Waals surface area contributed by atoms with Crippen molar-refractivity contribution in [3.8, 4) is 5.75 Å². The maximum absolute atomic E-state index is 11.2. The number of carboxylic acids is 1. The van der Waals surface area contributed by atoms with E-state index >= 15 is 0 Å². The maximum atomic E-state index is 11.2. The number of aromatic carboxylic acids is 1. The van der Waals surface area contributed by atoms with Crippen LogP contribution in [0.5, 0.6) is 5.75 Å². The minimum absolute atomic E-state index is 0.0483. The number of rotatable bonds is 6. The summed E-state index contributed by atoms with van der Waals surface area (Å²) in [6.45, 7) is 4.30. The first kappa shape index (κ1) is 18.3. The Balaban J connectivity index is 2.14. The molecule has 3 rings (SSSR count). The molecule has 1 unspecified atom stereocenters. The summed E-state index contributed by atoms with van der Waals surface area (Å²) in [7, 11) is 1.59. The second-order valence-corrected chi connectivity index (χ2v) is 6.76. The van der Waals surface area contributed by atoms with Crippen LogP contribution in [-0.4, -0.2) is 28.2 Å². The first-order valence-corrected chi connectivity index (χ1v) is 8.89. The minimum atomic E-state index is -1.03. The van der Waals surface area contributed by atoms with Gasteiger partial charge in [-0.1, -0.05) is 31.5 Å². The zero-order valence-electron chi connectivity index (χ0n) is 15.0. The largest absolute Gasteiger partial charge is 0.495 e. The van der Waals surface area contributed by atoms with Gasteiger partial charge in [-0.25, -0.2) is 9.78 Å². The molecule has 1 aromatic carbocycles. The second kappa shape index (κ2) is 7.38. The lowest BCUT2D eigenvalue weighted by molar-refractivity contribution is 0.0690. The van der Waals surface area contributed by atoms with E-state index in [1.54, 1.807) is 13.2 Å². The van der Waals surface area contributed by atoms with Gasteiger partial charge in [-0.15, -0.1) is 0 Å². The Bertz CT molecular complexity index is 965. The predicted octanol–water partition coefficient (Wildman–Crippen LogP) is 5.03. The van der Waals surface area contributed by atoms with Crippen LogP contribution in [0, 0.1) is 0 Å². The molecule has 136 valence electrons. The molecule has 1 atom stereocenters. The molecule has 26 heavy (non-hydrogen) atoms. The van der Waals surface area contributed by atoms with Gasteiger partial charge in [-0.2, -0.15) is 0 Å². The molecular formula is C20H21ClN2O3. The van der Waals surface area contributed by atoms with E-state index in [0.717, 1.165) is 28.6 Å². The zero-order chi connectivity index (χ0) is 18.8. The van der Waals surface area contributed by atoms with E-state index in [9.17, 15) is 9.90 Å². The van der Waals surface area contributed by atoms with Gasteiger partial charge < -0.3 is 14.8 Å². The standard InChI is InChI=1S/C20H21ClN2O3/c1-4-11(2)19-14(8-12-6-5-7-16(22-12)20(24)25)13-9-15(21)18(26-3)10-17(13)23-19/h5-7,9-11,23H,4,8H2,1-3H3,(H,24,25). The molecule has 0 aliphatic heterocycles. The number of H-pyrrole nitrogens is 1. The first-order chi connectivity index (χ1) is 12.4. The first-order valence-electron chi connectivity index (χ1n) is 8.51. The number of ether oxygens (including phenoxy) is 1. The SMILES string of the molecule is CCC(C)c1[nH]c2cc(OC)c(Cl)cc2c1Cc1cccc(C(=O)O)n1. The van der Waals surface area contributed by atoms with Crippen LogP contribution in [0.15, 0.2) is 30.3 Å². The summed E-state index contributed by atoms with van der Waals surface area (Å²) in [5.74, 6) is -0.0841. The van der Waals surface area contributed by atoms with Gasteiger partial charge in [0, 0.05) is 34.8 Å². The number of carbonyl (C=O) groups is 1. The maximum Gasteiger partial charge on any atom is 0.354 e. The predicted molar refractivity (Wildman–Crippen MR) is 103 cm³/mol. The van der Waals surface area contributed by atoms with Crippen LogP contribution in [0.1, 0.15) is 53.6 Å². The molecule has 5 nitrogen and oxygen atoms in total. The van der Waals surface area contributed by atoms with E-state index in [4.69, 9.17) is 16.3 Å². The number of pyridine rings is 1. The van der Waals surface area contributed by atoms with E-state index in [2.05, 4.69) is 23.8 Å². The van der Waals surface area contributed by atoms with E-state index < -0.39 is 5.97 Å². The lowest BCUT2D eigenvalue weighted by Gasteiger charge is -2.11. The Hall–Kier alpha value is -2.53. The fourth-order valence-corrected chi connectivity index (χ4v) is 3.36. The summed E-state index contributed by atoms with van der Waals surface area (Å²) >= 11 is 6.34. The topological polar surface area (TPSA) is 75.2 Å². The van der Waals surface area contributed by atoms with E-state index in [-0.39, 0.29) is 5.69 Å². The van der Waals surface area contributed by atoms with Crippen molar-refractivity contribution < 1.29 is 14.6 Å². The van der Waals surface area contributed by atoms with Crippen molar-refractivity contribution in [2.45, 2.75) is 32.6 Å². The normalized spacial score (nSPS) is 12.3. The minimum Gasteiger partial charge on any atom is -0.495 e. The highest BCUT2D eigenvalue weighted by Crippen LogP contribution is 2.36. The molecule has 2 aromatic heterocycles. The average Bonchev–Trinajstić information content (AvgIpc) is 2.98. The van der Waals surface area contributed by atoms with Gasteiger partial charge in [0.1, 0.15) is 11.4 Å². The molecule has 0 spiro atoms. The molecule has 3 aromatic rings. The third-order valence-electron chi connectivity index (χ3n) is 4.70. The highest BCUT2D eigenvalue weighted by molar-refractivity contribution is 6.32.